The van der Waals surface area contributed by atoms with Gasteiger partial charge in [0.1, 0.15) is 0 Å². The van der Waals surface area contributed by atoms with E-state index in [2.05, 4.69) is 15.1 Å². The molecule has 3 rings (SSSR count). The summed E-state index contributed by atoms with van der Waals surface area (Å²) in [6.45, 7) is 2.00. The summed E-state index contributed by atoms with van der Waals surface area (Å²) in [5, 5.41) is 3.08. The van der Waals surface area contributed by atoms with E-state index in [1.165, 1.54) is 42.2 Å². The molecule has 0 aliphatic heterocycles. The Balaban J connectivity index is 2.24. The third-order valence-corrected chi connectivity index (χ3v) is 3.97. The lowest BCUT2D eigenvalue weighted by Gasteiger charge is -2.21. The van der Waals surface area contributed by atoms with Crippen molar-refractivity contribution in [2.24, 2.45) is 0 Å². The molecular weight excluding hydrogens is 248 g/mol. The zero-order valence-electron chi connectivity index (χ0n) is 10.3. The molecule has 1 saturated carbocycles. The molecule has 1 aliphatic carbocycles. The minimum absolute atomic E-state index is 0.241. The maximum Gasteiger partial charge on any atom is 0.348 e. The first-order valence-corrected chi connectivity index (χ1v) is 6.79. The predicted molar refractivity (Wildman–Crippen MR) is 71.6 cm³/mol. The number of aromatic amines is 2. The van der Waals surface area contributed by atoms with Crippen molar-refractivity contribution in [2.75, 3.05) is 0 Å². The van der Waals surface area contributed by atoms with Crippen molar-refractivity contribution in [3.8, 4) is 0 Å². The van der Waals surface area contributed by atoms with Gasteiger partial charge in [-0.15, -0.1) is 0 Å². The quantitative estimate of drug-likeness (QED) is 0.777. The van der Waals surface area contributed by atoms with Crippen molar-refractivity contribution in [3.63, 3.8) is 0 Å². The summed E-state index contributed by atoms with van der Waals surface area (Å²) >= 11 is 5.00. The molecule has 0 atom stereocenters. The maximum absolute atomic E-state index is 11.8. The number of fused-ring (bicyclic) bond motifs is 1. The van der Waals surface area contributed by atoms with Gasteiger partial charge < -0.3 is 0 Å². The van der Waals surface area contributed by atoms with Gasteiger partial charge in [0.2, 0.25) is 4.77 Å². The van der Waals surface area contributed by atoms with E-state index in [9.17, 15) is 4.79 Å². The van der Waals surface area contributed by atoms with E-state index < -0.39 is 0 Å². The molecule has 5 nitrogen and oxygen atoms in total. The van der Waals surface area contributed by atoms with Crippen LogP contribution in [0.1, 0.15) is 49.3 Å². The fourth-order valence-corrected chi connectivity index (χ4v) is 3.15. The molecule has 2 aromatic heterocycles. The van der Waals surface area contributed by atoms with Crippen LogP contribution in [0.2, 0.25) is 0 Å². The Morgan fingerprint density at radius 3 is 2.78 bits per heavy atom. The van der Waals surface area contributed by atoms with Gasteiger partial charge in [0.05, 0.1) is 0 Å². The summed E-state index contributed by atoms with van der Waals surface area (Å²) in [7, 11) is 0. The van der Waals surface area contributed by atoms with Gasteiger partial charge >= 0.3 is 5.69 Å². The molecule has 18 heavy (non-hydrogen) atoms. The molecule has 2 N–H and O–H groups in total. The standard InChI is InChI=1S/C12H16N4OS/c1-7-9(8-5-3-2-4-6-8)10-13-11(18)14-12(17)16(10)15-7/h8,15H,2-6H2,1H3,(H,14,17,18). The number of rotatable bonds is 1. The zero-order valence-corrected chi connectivity index (χ0v) is 11.1. The van der Waals surface area contributed by atoms with Gasteiger partial charge in [-0.25, -0.2) is 9.78 Å². The maximum atomic E-state index is 11.8. The van der Waals surface area contributed by atoms with Crippen molar-refractivity contribution < 1.29 is 0 Å². The van der Waals surface area contributed by atoms with E-state index in [0.29, 0.717) is 11.6 Å². The fourth-order valence-electron chi connectivity index (χ4n) is 2.98. The lowest BCUT2D eigenvalue weighted by atomic mass is 9.84. The van der Waals surface area contributed by atoms with Crippen molar-refractivity contribution in [1.82, 2.24) is 19.6 Å². The molecule has 6 heteroatoms. The summed E-state index contributed by atoms with van der Waals surface area (Å²) in [5.74, 6) is 0.503. The van der Waals surface area contributed by atoms with Crippen molar-refractivity contribution >= 4 is 17.9 Å². The van der Waals surface area contributed by atoms with Crippen LogP contribution < -0.4 is 5.69 Å². The largest absolute Gasteiger partial charge is 0.348 e. The van der Waals surface area contributed by atoms with E-state index in [1.807, 2.05) is 6.92 Å². The lowest BCUT2D eigenvalue weighted by molar-refractivity contribution is 0.444. The van der Waals surface area contributed by atoms with Crippen LogP contribution in [0.15, 0.2) is 4.79 Å². The molecule has 0 saturated heterocycles. The van der Waals surface area contributed by atoms with Gasteiger partial charge in [0, 0.05) is 11.3 Å². The molecule has 0 unspecified atom stereocenters. The van der Waals surface area contributed by atoms with Crippen LogP contribution in [-0.2, 0) is 0 Å². The second kappa shape index (κ2) is 4.35. The molecule has 0 aromatic carbocycles. The first-order valence-electron chi connectivity index (χ1n) is 6.38. The van der Waals surface area contributed by atoms with Crippen molar-refractivity contribution in [3.05, 3.63) is 26.5 Å². The third-order valence-electron chi connectivity index (χ3n) is 3.77. The SMILES string of the molecule is Cc1[nH]n2c(=O)[nH]c(=S)nc2c1C1CCCCC1. The highest BCUT2D eigenvalue weighted by molar-refractivity contribution is 7.71. The minimum atomic E-state index is -0.241. The van der Waals surface area contributed by atoms with E-state index in [-0.39, 0.29) is 10.5 Å². The highest BCUT2D eigenvalue weighted by atomic mass is 32.1. The monoisotopic (exact) mass is 264 g/mol. The van der Waals surface area contributed by atoms with E-state index in [4.69, 9.17) is 12.2 Å². The summed E-state index contributed by atoms with van der Waals surface area (Å²) < 4.78 is 1.73. The molecular formula is C12H16N4OS. The number of hydrogen-bond acceptors (Lipinski definition) is 3. The summed E-state index contributed by atoms with van der Waals surface area (Å²) in [4.78, 5) is 18.7. The summed E-state index contributed by atoms with van der Waals surface area (Å²) in [6, 6.07) is 0. The normalized spacial score (nSPS) is 17.4. The highest BCUT2D eigenvalue weighted by Gasteiger charge is 2.22. The number of hydrogen-bond donors (Lipinski definition) is 2. The number of aryl methyl sites for hydroxylation is 1. The Morgan fingerprint density at radius 2 is 2.06 bits per heavy atom. The second-order valence-corrected chi connectivity index (χ2v) is 5.38. The Labute approximate surface area is 109 Å². The lowest BCUT2D eigenvalue weighted by Crippen LogP contribution is -2.19. The average molecular weight is 264 g/mol. The van der Waals surface area contributed by atoms with E-state index >= 15 is 0 Å². The van der Waals surface area contributed by atoms with Crippen LogP contribution in [-0.4, -0.2) is 19.6 Å². The molecule has 2 aromatic rings. The first kappa shape index (κ1) is 11.6. The topological polar surface area (TPSA) is 65.9 Å². The highest BCUT2D eigenvalue weighted by Crippen LogP contribution is 2.35. The predicted octanol–water partition coefficient (Wildman–Crippen LogP) is 2.44. The van der Waals surface area contributed by atoms with Crippen LogP contribution in [0.4, 0.5) is 0 Å². The number of H-pyrrole nitrogens is 2. The average Bonchev–Trinajstić information content (AvgIpc) is 2.67. The molecule has 0 bridgehead atoms. The van der Waals surface area contributed by atoms with Crippen LogP contribution in [0.25, 0.3) is 5.65 Å². The Bertz CT molecular complexity index is 690. The fraction of sp³-hybridized carbons (Fsp3) is 0.583. The molecule has 0 spiro atoms. The third kappa shape index (κ3) is 1.80. The molecule has 1 fully saturated rings. The van der Waals surface area contributed by atoms with Gasteiger partial charge in [-0.2, -0.15) is 4.52 Å². The molecule has 0 amide bonds. The van der Waals surface area contributed by atoms with E-state index in [0.717, 1.165) is 5.69 Å². The van der Waals surface area contributed by atoms with Crippen LogP contribution in [0, 0.1) is 11.7 Å². The first-order chi connectivity index (χ1) is 8.66. The van der Waals surface area contributed by atoms with Crippen molar-refractivity contribution in [2.45, 2.75) is 44.9 Å². The van der Waals surface area contributed by atoms with Gasteiger partial charge in [0.15, 0.2) is 5.65 Å². The van der Waals surface area contributed by atoms with Gasteiger partial charge in [-0.1, -0.05) is 19.3 Å². The van der Waals surface area contributed by atoms with Crippen molar-refractivity contribution in [1.29, 1.82) is 0 Å². The van der Waals surface area contributed by atoms with Gasteiger partial charge in [-0.3, -0.25) is 10.1 Å². The Morgan fingerprint density at radius 1 is 1.33 bits per heavy atom. The zero-order chi connectivity index (χ0) is 12.7. The number of nitrogens with one attached hydrogen (secondary N) is 2. The number of nitrogens with zero attached hydrogens (tertiary/aromatic N) is 2. The van der Waals surface area contributed by atoms with Crippen LogP contribution in [0.5, 0.6) is 0 Å². The van der Waals surface area contributed by atoms with Gasteiger partial charge in [-0.05, 0) is 37.9 Å². The van der Waals surface area contributed by atoms with Crippen LogP contribution >= 0.6 is 12.2 Å². The molecule has 1 aliphatic rings. The summed E-state index contributed by atoms with van der Waals surface area (Å²) in [5.41, 5.74) is 2.66. The smallest absolute Gasteiger partial charge is 0.292 e. The Kier molecular flexibility index (Phi) is 2.81. The second-order valence-electron chi connectivity index (χ2n) is 4.99. The molecule has 0 radical (unpaired) electrons. The molecule has 96 valence electrons. The van der Waals surface area contributed by atoms with Crippen LogP contribution in [0.3, 0.4) is 0 Å². The number of aromatic nitrogens is 4. The molecule has 2 heterocycles. The minimum Gasteiger partial charge on any atom is -0.292 e. The van der Waals surface area contributed by atoms with Gasteiger partial charge in [0.25, 0.3) is 0 Å². The Hall–Kier alpha value is -1.43. The summed E-state index contributed by atoms with van der Waals surface area (Å²) in [6.07, 6.45) is 6.17. The van der Waals surface area contributed by atoms with E-state index in [1.54, 1.807) is 0 Å².